The number of aromatic nitrogens is 2. The van der Waals surface area contributed by atoms with Crippen LogP contribution >= 0.6 is 11.3 Å². The van der Waals surface area contributed by atoms with Crippen LogP contribution in [0, 0.1) is 0 Å². The molecule has 0 saturated heterocycles. The van der Waals surface area contributed by atoms with E-state index >= 15 is 0 Å². The normalized spacial score (nSPS) is 10.8. The molecule has 4 N–H and O–H groups in total. The van der Waals surface area contributed by atoms with Crippen LogP contribution in [0.2, 0.25) is 0 Å². The lowest BCUT2D eigenvalue weighted by molar-refractivity contribution is -0.125. The van der Waals surface area contributed by atoms with E-state index in [1.807, 2.05) is 0 Å². The highest BCUT2D eigenvalue weighted by Crippen LogP contribution is 2.13. The van der Waals surface area contributed by atoms with Crippen LogP contribution in [0.1, 0.15) is 5.82 Å². The zero-order valence-corrected chi connectivity index (χ0v) is 9.54. The van der Waals surface area contributed by atoms with Gasteiger partial charge in [0, 0.05) is 0 Å². The molecule has 7 nitrogen and oxygen atoms in total. The van der Waals surface area contributed by atoms with Crippen molar-refractivity contribution >= 4 is 27.5 Å². The fourth-order valence-electron chi connectivity index (χ4n) is 1.25. The number of fused-ring (bicyclic) bond motifs is 1. The number of nitrogens with one attached hydrogen (secondary N) is 2. The van der Waals surface area contributed by atoms with Gasteiger partial charge in [-0.1, -0.05) is 0 Å². The largest absolute Gasteiger partial charge is 0.368 e. The number of hydrogen-bond acceptors (Lipinski definition) is 6. The number of amides is 1. The van der Waals surface area contributed by atoms with Gasteiger partial charge < -0.3 is 10.7 Å². The first-order valence-corrected chi connectivity index (χ1v) is 5.64. The maximum Gasteiger partial charge on any atom is 0.268 e. The van der Waals surface area contributed by atoms with Crippen LogP contribution in [-0.2, 0) is 16.2 Å². The molecule has 0 radical (unpaired) electrons. The summed E-state index contributed by atoms with van der Waals surface area (Å²) in [6.07, 6.45) is 0. The fourth-order valence-corrected chi connectivity index (χ4v) is 1.97. The molecule has 8 heteroatoms. The Morgan fingerprint density at radius 1 is 1.65 bits per heavy atom. The van der Waals surface area contributed by atoms with Gasteiger partial charge in [0.1, 0.15) is 17.1 Å². The minimum absolute atomic E-state index is 0.184. The van der Waals surface area contributed by atoms with Crippen LogP contribution < -0.4 is 16.8 Å². The molecule has 0 unspecified atom stereocenters. The number of H-pyrrole nitrogens is 1. The smallest absolute Gasteiger partial charge is 0.268 e. The van der Waals surface area contributed by atoms with E-state index in [1.165, 1.54) is 11.3 Å². The van der Waals surface area contributed by atoms with Gasteiger partial charge in [-0.25, -0.2) is 4.98 Å². The van der Waals surface area contributed by atoms with Crippen molar-refractivity contribution in [1.82, 2.24) is 15.4 Å². The number of hydrogen-bond donors (Lipinski definition) is 3. The Hall–Kier alpha value is -1.77. The van der Waals surface area contributed by atoms with Crippen molar-refractivity contribution in [2.24, 2.45) is 5.73 Å². The highest BCUT2D eigenvalue weighted by atomic mass is 32.1. The van der Waals surface area contributed by atoms with Crippen molar-refractivity contribution in [3.05, 3.63) is 27.6 Å². The van der Waals surface area contributed by atoms with Crippen LogP contribution in [0.3, 0.4) is 0 Å². The van der Waals surface area contributed by atoms with Crippen molar-refractivity contribution in [2.45, 2.75) is 6.54 Å². The van der Waals surface area contributed by atoms with Gasteiger partial charge in [-0.2, -0.15) is 5.48 Å². The molecule has 2 heterocycles. The number of nitrogens with zero attached hydrogens (tertiary/aromatic N) is 1. The molecule has 0 atom stereocenters. The lowest BCUT2D eigenvalue weighted by atomic mass is 10.4. The van der Waals surface area contributed by atoms with E-state index in [9.17, 15) is 9.59 Å². The van der Waals surface area contributed by atoms with Crippen molar-refractivity contribution in [3.63, 3.8) is 0 Å². The minimum atomic E-state index is -0.577. The highest BCUT2D eigenvalue weighted by molar-refractivity contribution is 7.17. The Balaban J connectivity index is 2.04. The number of carbonyl (C=O) groups excluding carboxylic acids is 1. The summed E-state index contributed by atoms with van der Waals surface area (Å²) in [4.78, 5) is 33.5. The molecule has 0 saturated carbocycles. The van der Waals surface area contributed by atoms with Crippen LogP contribution in [0.4, 0.5) is 0 Å². The molecule has 0 aliphatic carbocycles. The first-order valence-electron chi connectivity index (χ1n) is 4.76. The number of rotatable bonds is 5. The molecule has 0 bridgehead atoms. The summed E-state index contributed by atoms with van der Waals surface area (Å²) in [6, 6.07) is 1.77. The quantitative estimate of drug-likeness (QED) is 0.491. The van der Waals surface area contributed by atoms with E-state index in [2.05, 4.69) is 15.4 Å². The molecule has 0 fully saturated rings. The Kier molecular flexibility index (Phi) is 3.47. The van der Waals surface area contributed by atoms with Gasteiger partial charge in [0.2, 0.25) is 5.91 Å². The summed E-state index contributed by atoms with van der Waals surface area (Å²) in [5.74, 6) is -0.141. The van der Waals surface area contributed by atoms with E-state index < -0.39 is 5.91 Å². The maximum absolute atomic E-state index is 11.6. The Bertz CT molecular complexity index is 591. The lowest BCUT2D eigenvalue weighted by Crippen LogP contribution is -2.25. The summed E-state index contributed by atoms with van der Waals surface area (Å²) in [5, 5.41) is 1.80. The van der Waals surface area contributed by atoms with E-state index in [4.69, 9.17) is 10.6 Å². The molecule has 17 heavy (non-hydrogen) atoms. The Morgan fingerprint density at radius 3 is 3.24 bits per heavy atom. The summed E-state index contributed by atoms with van der Waals surface area (Å²) >= 11 is 1.34. The summed E-state index contributed by atoms with van der Waals surface area (Å²) in [6.45, 7) is -0.0424. The van der Waals surface area contributed by atoms with E-state index in [0.29, 0.717) is 16.0 Å². The maximum atomic E-state index is 11.6. The van der Waals surface area contributed by atoms with Crippen molar-refractivity contribution < 1.29 is 9.63 Å². The van der Waals surface area contributed by atoms with Gasteiger partial charge in [0.05, 0.1) is 12.1 Å². The lowest BCUT2D eigenvalue weighted by Gasteiger charge is -2.03. The highest BCUT2D eigenvalue weighted by Gasteiger charge is 2.04. The second-order valence-electron chi connectivity index (χ2n) is 3.22. The first-order chi connectivity index (χ1) is 8.16. The van der Waals surface area contributed by atoms with E-state index in [1.54, 1.807) is 11.4 Å². The van der Waals surface area contributed by atoms with Crippen LogP contribution in [0.5, 0.6) is 0 Å². The molecule has 1 amide bonds. The predicted octanol–water partition coefficient (Wildman–Crippen LogP) is -0.509. The van der Waals surface area contributed by atoms with Gasteiger partial charge in [-0.05, 0) is 11.4 Å². The summed E-state index contributed by atoms with van der Waals surface area (Å²) < 4.78 is 0.590. The second-order valence-corrected chi connectivity index (χ2v) is 4.14. The average Bonchev–Trinajstić information content (AvgIpc) is 2.72. The number of aromatic amines is 1. The standard InChI is InChI=1S/C9H10N4O3S/c10-6(14)4-16-11-3-7-12-5-1-2-17-8(5)9(15)13-7/h1-2,11H,3-4H2,(H2,10,14)(H,12,13,15). The third-order valence-corrected chi connectivity index (χ3v) is 2.82. The number of primary amides is 1. The molecule has 0 spiro atoms. The minimum Gasteiger partial charge on any atom is -0.368 e. The number of thiophene rings is 1. The monoisotopic (exact) mass is 254 g/mol. The number of hydroxylamine groups is 1. The number of carbonyl (C=O) groups is 1. The molecular weight excluding hydrogens is 244 g/mol. The number of nitrogens with two attached hydrogens (primary N) is 1. The van der Waals surface area contributed by atoms with Crippen LogP contribution in [-0.4, -0.2) is 22.5 Å². The molecule has 2 aromatic rings. The Labute approximate surface area is 99.6 Å². The van der Waals surface area contributed by atoms with Crippen molar-refractivity contribution in [2.75, 3.05) is 6.61 Å². The zero-order valence-electron chi connectivity index (χ0n) is 8.73. The SMILES string of the molecule is NC(=O)CONCc1nc2ccsc2c(=O)[nH]1. The van der Waals surface area contributed by atoms with Gasteiger partial charge >= 0.3 is 0 Å². The molecule has 2 rings (SSSR count). The van der Waals surface area contributed by atoms with Gasteiger partial charge in [0.15, 0.2) is 0 Å². The van der Waals surface area contributed by atoms with Crippen LogP contribution in [0.25, 0.3) is 10.2 Å². The predicted molar refractivity (Wildman–Crippen MR) is 62.2 cm³/mol. The second kappa shape index (κ2) is 5.04. The third-order valence-electron chi connectivity index (χ3n) is 1.92. The molecule has 2 aromatic heterocycles. The van der Waals surface area contributed by atoms with E-state index in [0.717, 1.165) is 0 Å². The average molecular weight is 254 g/mol. The van der Waals surface area contributed by atoms with Gasteiger partial charge in [-0.15, -0.1) is 11.3 Å². The summed E-state index contributed by atoms with van der Waals surface area (Å²) in [7, 11) is 0. The van der Waals surface area contributed by atoms with Gasteiger partial charge in [-0.3, -0.25) is 14.4 Å². The van der Waals surface area contributed by atoms with Crippen LogP contribution in [0.15, 0.2) is 16.2 Å². The topological polar surface area (TPSA) is 110 Å². The Morgan fingerprint density at radius 2 is 2.47 bits per heavy atom. The fraction of sp³-hybridized carbons (Fsp3) is 0.222. The molecule has 90 valence electrons. The first kappa shape index (κ1) is 11.7. The van der Waals surface area contributed by atoms with Gasteiger partial charge in [0.25, 0.3) is 5.56 Å². The summed E-state index contributed by atoms with van der Waals surface area (Å²) in [5.41, 5.74) is 7.83. The molecule has 0 aliphatic rings. The third kappa shape index (κ3) is 2.87. The van der Waals surface area contributed by atoms with Crippen molar-refractivity contribution in [3.8, 4) is 0 Å². The zero-order chi connectivity index (χ0) is 12.3. The molecular formula is C9H10N4O3S. The molecule has 0 aliphatic heterocycles. The van der Waals surface area contributed by atoms with Crippen molar-refractivity contribution in [1.29, 1.82) is 0 Å². The van der Waals surface area contributed by atoms with E-state index in [-0.39, 0.29) is 18.7 Å². The molecule has 0 aromatic carbocycles.